The second-order valence-corrected chi connectivity index (χ2v) is 6.03. The minimum Gasteiger partial charge on any atom is -0.452 e. The molecule has 0 heterocycles. The maximum Gasteiger partial charge on any atom is 0.331 e. The minimum absolute atomic E-state index is 0.361. The van der Waals surface area contributed by atoms with Crippen molar-refractivity contribution in [1.29, 1.82) is 0 Å². The van der Waals surface area contributed by atoms with E-state index >= 15 is 0 Å². The predicted molar refractivity (Wildman–Crippen MR) is 101 cm³/mol. The Kier molecular flexibility index (Phi) is 7.04. The van der Waals surface area contributed by atoms with Crippen molar-refractivity contribution in [2.45, 2.75) is 13.3 Å². The SMILES string of the molecule is CCc1ccc(NC(=O)COC(=O)C=Cc2ccc(Cl)c(Cl)c2)cc1. The largest absolute Gasteiger partial charge is 0.452 e. The number of aryl methyl sites for hydroxylation is 1. The number of nitrogens with one attached hydrogen (secondary N) is 1. The van der Waals surface area contributed by atoms with E-state index in [-0.39, 0.29) is 6.61 Å². The molecule has 1 N–H and O–H groups in total. The summed E-state index contributed by atoms with van der Waals surface area (Å²) in [4.78, 5) is 23.4. The average Bonchev–Trinajstić information content (AvgIpc) is 2.61. The molecule has 1 amide bonds. The highest BCUT2D eigenvalue weighted by Gasteiger charge is 2.06. The molecule has 25 heavy (non-hydrogen) atoms. The molecule has 0 aliphatic rings. The molecular formula is C19H17Cl2NO3. The lowest BCUT2D eigenvalue weighted by Crippen LogP contribution is -2.20. The van der Waals surface area contributed by atoms with Gasteiger partial charge in [-0.1, -0.05) is 48.3 Å². The first-order chi connectivity index (χ1) is 12.0. The van der Waals surface area contributed by atoms with Gasteiger partial charge in [0.2, 0.25) is 0 Å². The van der Waals surface area contributed by atoms with Gasteiger partial charge in [-0.15, -0.1) is 0 Å². The number of ether oxygens (including phenoxy) is 1. The Hall–Kier alpha value is -2.30. The van der Waals surface area contributed by atoms with Crippen molar-refractivity contribution in [2.75, 3.05) is 11.9 Å². The molecule has 0 atom stereocenters. The number of amides is 1. The number of rotatable bonds is 6. The molecule has 0 unspecified atom stereocenters. The first kappa shape index (κ1) is 19.0. The third-order valence-corrected chi connectivity index (χ3v) is 4.09. The quantitative estimate of drug-likeness (QED) is 0.583. The zero-order chi connectivity index (χ0) is 18.2. The monoisotopic (exact) mass is 377 g/mol. The van der Waals surface area contributed by atoms with Crippen LogP contribution in [0, 0.1) is 0 Å². The molecule has 130 valence electrons. The van der Waals surface area contributed by atoms with Gasteiger partial charge >= 0.3 is 5.97 Å². The number of benzene rings is 2. The van der Waals surface area contributed by atoms with Crippen LogP contribution in [0.1, 0.15) is 18.1 Å². The number of esters is 1. The van der Waals surface area contributed by atoms with Crippen LogP contribution in [-0.2, 0) is 20.7 Å². The number of hydrogen-bond acceptors (Lipinski definition) is 3. The van der Waals surface area contributed by atoms with Gasteiger partial charge in [0.05, 0.1) is 10.0 Å². The van der Waals surface area contributed by atoms with E-state index in [2.05, 4.69) is 12.2 Å². The van der Waals surface area contributed by atoms with Gasteiger partial charge in [0, 0.05) is 11.8 Å². The molecule has 4 nitrogen and oxygen atoms in total. The predicted octanol–water partition coefficient (Wildman–Crippen LogP) is 4.75. The maximum atomic E-state index is 11.8. The van der Waals surface area contributed by atoms with Gasteiger partial charge in [-0.25, -0.2) is 4.79 Å². The number of carbonyl (C=O) groups excluding carboxylic acids is 2. The molecule has 0 radical (unpaired) electrons. The Morgan fingerprint density at radius 2 is 1.80 bits per heavy atom. The van der Waals surface area contributed by atoms with Crippen LogP contribution in [0.15, 0.2) is 48.5 Å². The third kappa shape index (κ3) is 6.25. The van der Waals surface area contributed by atoms with E-state index in [0.29, 0.717) is 21.3 Å². The molecular weight excluding hydrogens is 361 g/mol. The van der Waals surface area contributed by atoms with Gasteiger partial charge in [0.1, 0.15) is 0 Å². The summed E-state index contributed by atoms with van der Waals surface area (Å²) in [6, 6.07) is 12.5. The molecule has 0 aliphatic carbocycles. The third-order valence-electron chi connectivity index (χ3n) is 3.35. The van der Waals surface area contributed by atoms with Crippen LogP contribution < -0.4 is 5.32 Å². The van der Waals surface area contributed by atoms with Crippen LogP contribution in [0.5, 0.6) is 0 Å². The molecule has 0 saturated heterocycles. The topological polar surface area (TPSA) is 55.4 Å². The fraction of sp³-hybridized carbons (Fsp3) is 0.158. The van der Waals surface area contributed by atoms with Crippen LogP contribution in [0.4, 0.5) is 5.69 Å². The first-order valence-corrected chi connectivity index (χ1v) is 8.42. The fourth-order valence-corrected chi connectivity index (χ4v) is 2.29. The second-order valence-electron chi connectivity index (χ2n) is 5.21. The molecule has 6 heteroatoms. The van der Waals surface area contributed by atoms with E-state index in [1.165, 1.54) is 17.7 Å². The molecule has 0 aromatic heterocycles. The van der Waals surface area contributed by atoms with Gasteiger partial charge in [-0.2, -0.15) is 0 Å². The van der Waals surface area contributed by atoms with Crippen molar-refractivity contribution in [3.8, 4) is 0 Å². The summed E-state index contributed by atoms with van der Waals surface area (Å²) in [6.45, 7) is 1.69. The summed E-state index contributed by atoms with van der Waals surface area (Å²) in [7, 11) is 0. The Balaban J connectivity index is 1.81. The van der Waals surface area contributed by atoms with Crippen LogP contribution in [-0.4, -0.2) is 18.5 Å². The van der Waals surface area contributed by atoms with Gasteiger partial charge in [-0.05, 0) is 47.9 Å². The highest BCUT2D eigenvalue weighted by Crippen LogP contribution is 2.23. The highest BCUT2D eigenvalue weighted by atomic mass is 35.5. The van der Waals surface area contributed by atoms with Gasteiger partial charge in [0.15, 0.2) is 6.61 Å². The summed E-state index contributed by atoms with van der Waals surface area (Å²) in [5, 5.41) is 3.49. The zero-order valence-corrected chi connectivity index (χ0v) is 15.1. The summed E-state index contributed by atoms with van der Waals surface area (Å²) in [5.41, 5.74) is 2.54. The normalized spacial score (nSPS) is 10.7. The van der Waals surface area contributed by atoms with Crippen LogP contribution in [0.3, 0.4) is 0 Å². The minimum atomic E-state index is -0.623. The second kappa shape index (κ2) is 9.25. The fourth-order valence-electron chi connectivity index (χ4n) is 1.99. The smallest absolute Gasteiger partial charge is 0.331 e. The zero-order valence-electron chi connectivity index (χ0n) is 13.6. The van der Waals surface area contributed by atoms with Gasteiger partial charge in [-0.3, -0.25) is 4.79 Å². The first-order valence-electron chi connectivity index (χ1n) is 7.66. The number of hydrogen-bond donors (Lipinski definition) is 1. The Morgan fingerprint density at radius 1 is 1.08 bits per heavy atom. The van der Waals surface area contributed by atoms with E-state index in [4.69, 9.17) is 27.9 Å². The van der Waals surface area contributed by atoms with Crippen molar-refractivity contribution < 1.29 is 14.3 Å². The molecule has 0 fully saturated rings. The van der Waals surface area contributed by atoms with E-state index in [1.54, 1.807) is 18.2 Å². The lowest BCUT2D eigenvalue weighted by Gasteiger charge is -2.06. The van der Waals surface area contributed by atoms with Crippen LogP contribution >= 0.6 is 23.2 Å². The summed E-state index contributed by atoms with van der Waals surface area (Å²) >= 11 is 11.7. The number of anilines is 1. The van der Waals surface area contributed by atoms with E-state index in [1.807, 2.05) is 24.3 Å². The van der Waals surface area contributed by atoms with Crippen molar-refractivity contribution in [2.24, 2.45) is 0 Å². The van der Waals surface area contributed by atoms with Crippen molar-refractivity contribution in [3.05, 3.63) is 69.7 Å². The Morgan fingerprint density at radius 3 is 2.44 bits per heavy atom. The van der Waals surface area contributed by atoms with Gasteiger partial charge in [0.25, 0.3) is 5.91 Å². The lowest BCUT2D eigenvalue weighted by molar-refractivity contribution is -0.142. The Labute approximate surface area is 156 Å². The van der Waals surface area contributed by atoms with Crippen molar-refractivity contribution in [1.82, 2.24) is 0 Å². The number of carbonyl (C=O) groups is 2. The maximum absolute atomic E-state index is 11.8. The average molecular weight is 378 g/mol. The summed E-state index contributed by atoms with van der Waals surface area (Å²) in [6.07, 6.45) is 3.69. The van der Waals surface area contributed by atoms with Crippen molar-refractivity contribution >= 4 is 46.8 Å². The van der Waals surface area contributed by atoms with E-state index < -0.39 is 11.9 Å². The highest BCUT2D eigenvalue weighted by molar-refractivity contribution is 6.42. The molecule has 0 saturated carbocycles. The van der Waals surface area contributed by atoms with Gasteiger partial charge < -0.3 is 10.1 Å². The standard InChI is InChI=1S/C19H17Cl2NO3/c1-2-13-3-7-15(8-4-13)22-18(23)12-25-19(24)10-6-14-5-9-16(20)17(21)11-14/h3-11H,2,12H2,1H3,(H,22,23). The molecule has 0 spiro atoms. The number of halogens is 2. The molecule has 2 aromatic carbocycles. The van der Waals surface area contributed by atoms with Crippen LogP contribution in [0.2, 0.25) is 10.0 Å². The van der Waals surface area contributed by atoms with Crippen molar-refractivity contribution in [3.63, 3.8) is 0 Å². The Bertz CT molecular complexity index is 786. The van der Waals surface area contributed by atoms with E-state index in [0.717, 1.165) is 6.42 Å². The lowest BCUT2D eigenvalue weighted by atomic mass is 10.1. The molecule has 2 aromatic rings. The molecule has 2 rings (SSSR count). The summed E-state index contributed by atoms with van der Waals surface area (Å²) < 4.78 is 4.90. The van der Waals surface area contributed by atoms with Crippen LogP contribution in [0.25, 0.3) is 6.08 Å². The molecule has 0 aliphatic heterocycles. The summed E-state index contributed by atoms with van der Waals surface area (Å²) in [5.74, 6) is -1.02. The molecule has 0 bridgehead atoms. The van der Waals surface area contributed by atoms with E-state index in [9.17, 15) is 9.59 Å².